The summed E-state index contributed by atoms with van der Waals surface area (Å²) >= 11 is 0. The molecule has 1 aromatic rings. The summed E-state index contributed by atoms with van der Waals surface area (Å²) in [7, 11) is -1.61. The Bertz CT molecular complexity index is 611. The molecule has 0 saturated heterocycles. The Hall–Kier alpha value is -2.06. The number of fused-ring (bicyclic) bond motifs is 1. The fraction of sp³-hybridized carbons (Fsp3) is 0.529. The minimum absolute atomic E-state index is 0.0723. The van der Waals surface area contributed by atoms with Gasteiger partial charge in [0.1, 0.15) is 6.04 Å². The molecule has 0 bridgehead atoms. The highest BCUT2D eigenvalue weighted by Gasteiger charge is 2.29. The molecule has 136 valence electrons. The molecule has 25 heavy (non-hydrogen) atoms. The molecule has 0 aromatic heterocycles. The quantitative estimate of drug-likeness (QED) is 0.556. The third-order valence-electron chi connectivity index (χ3n) is 4.65. The van der Waals surface area contributed by atoms with Crippen molar-refractivity contribution < 1.29 is 19.6 Å². The molecule has 2 atom stereocenters. The van der Waals surface area contributed by atoms with Gasteiger partial charge >= 0.3 is 13.1 Å². The summed E-state index contributed by atoms with van der Waals surface area (Å²) in [5.41, 5.74) is 2.37. The highest BCUT2D eigenvalue weighted by Crippen LogP contribution is 2.19. The lowest BCUT2D eigenvalue weighted by Crippen LogP contribution is -2.55. The van der Waals surface area contributed by atoms with Gasteiger partial charge < -0.3 is 25.6 Å². The molecule has 3 amide bonds. The largest absolute Gasteiger partial charge is 0.472 e. The summed E-state index contributed by atoms with van der Waals surface area (Å²) in [6.45, 7) is 4.94. The van der Waals surface area contributed by atoms with Crippen LogP contribution in [0.5, 0.6) is 0 Å². The van der Waals surface area contributed by atoms with E-state index in [2.05, 4.69) is 16.7 Å². The summed E-state index contributed by atoms with van der Waals surface area (Å²) < 4.78 is 0. The van der Waals surface area contributed by atoms with Crippen molar-refractivity contribution in [2.45, 2.75) is 39.3 Å². The number of benzene rings is 1. The minimum Gasteiger partial charge on any atom is -0.426 e. The molecule has 0 spiro atoms. The number of urea groups is 1. The summed E-state index contributed by atoms with van der Waals surface area (Å²) in [6, 6.07) is 7.03. The molecule has 0 fully saturated rings. The number of hydrogen-bond donors (Lipinski definition) is 4. The number of carbonyl (C=O) groups excluding carboxylic acids is 2. The van der Waals surface area contributed by atoms with E-state index in [0.717, 1.165) is 12.0 Å². The van der Waals surface area contributed by atoms with Crippen molar-refractivity contribution >= 4 is 19.1 Å². The topological polar surface area (TPSA) is 102 Å². The Morgan fingerprint density at radius 2 is 1.96 bits per heavy atom. The first-order valence-corrected chi connectivity index (χ1v) is 8.68. The molecule has 1 aliphatic rings. The van der Waals surface area contributed by atoms with E-state index in [4.69, 9.17) is 10.0 Å². The van der Waals surface area contributed by atoms with E-state index in [1.54, 1.807) is 4.90 Å². The number of carbonyl (C=O) groups is 2. The molecule has 0 aliphatic carbocycles. The molecule has 4 N–H and O–H groups in total. The van der Waals surface area contributed by atoms with E-state index < -0.39 is 19.1 Å². The van der Waals surface area contributed by atoms with Crippen LogP contribution in [0.2, 0.25) is 0 Å². The standard InChI is InChI=1S/C17H26BN3O4/c1-3-12(2)15(16(22)19-11-18(24)25)20-17(23)21-9-8-13-6-4-5-7-14(13)10-21/h4-7,12,15,24-25H,3,8-11H2,1-2H3,(H,19,22)(H,20,23). The first-order valence-electron chi connectivity index (χ1n) is 8.68. The predicted molar refractivity (Wildman–Crippen MR) is 95.5 cm³/mol. The second-order valence-corrected chi connectivity index (χ2v) is 6.48. The van der Waals surface area contributed by atoms with E-state index in [1.807, 2.05) is 32.0 Å². The molecule has 7 nitrogen and oxygen atoms in total. The highest BCUT2D eigenvalue weighted by molar-refractivity contribution is 6.41. The maximum absolute atomic E-state index is 12.6. The lowest BCUT2D eigenvalue weighted by atomic mass is 9.91. The lowest BCUT2D eigenvalue weighted by molar-refractivity contribution is -0.123. The maximum Gasteiger partial charge on any atom is 0.472 e. The predicted octanol–water partition coefficient (Wildman–Crippen LogP) is 0.297. The fourth-order valence-electron chi connectivity index (χ4n) is 2.90. The Labute approximate surface area is 148 Å². The first kappa shape index (κ1) is 19.3. The SMILES string of the molecule is CCC(C)C(NC(=O)N1CCc2ccccc2C1)C(=O)NCB(O)O. The number of amides is 3. The Morgan fingerprint density at radius 1 is 1.28 bits per heavy atom. The van der Waals surface area contributed by atoms with Crippen LogP contribution in [-0.2, 0) is 17.8 Å². The van der Waals surface area contributed by atoms with Gasteiger partial charge in [-0.2, -0.15) is 0 Å². The van der Waals surface area contributed by atoms with Crippen molar-refractivity contribution in [3.63, 3.8) is 0 Å². The second kappa shape index (κ2) is 8.87. The molecule has 0 saturated carbocycles. The molecule has 1 aromatic carbocycles. The molecule has 1 aliphatic heterocycles. The number of hydrogen-bond acceptors (Lipinski definition) is 4. The van der Waals surface area contributed by atoms with Crippen LogP contribution in [0.15, 0.2) is 24.3 Å². The van der Waals surface area contributed by atoms with Crippen molar-refractivity contribution in [3.05, 3.63) is 35.4 Å². The summed E-state index contributed by atoms with van der Waals surface area (Å²) in [5, 5.41) is 23.1. The molecular formula is C17H26BN3O4. The van der Waals surface area contributed by atoms with Crippen LogP contribution in [0.25, 0.3) is 0 Å². The van der Waals surface area contributed by atoms with Gasteiger partial charge in [0.25, 0.3) is 0 Å². The van der Waals surface area contributed by atoms with E-state index in [0.29, 0.717) is 19.5 Å². The van der Waals surface area contributed by atoms with Crippen LogP contribution in [0.1, 0.15) is 31.4 Å². The van der Waals surface area contributed by atoms with E-state index >= 15 is 0 Å². The van der Waals surface area contributed by atoms with Gasteiger partial charge in [0.05, 0.1) is 6.44 Å². The van der Waals surface area contributed by atoms with Crippen molar-refractivity contribution in [1.82, 2.24) is 15.5 Å². The molecule has 2 rings (SSSR count). The molecule has 2 unspecified atom stereocenters. The summed E-state index contributed by atoms with van der Waals surface area (Å²) in [4.78, 5) is 26.6. The van der Waals surface area contributed by atoms with Crippen LogP contribution < -0.4 is 10.6 Å². The monoisotopic (exact) mass is 347 g/mol. The Balaban J connectivity index is 2.00. The molecular weight excluding hydrogens is 321 g/mol. The summed E-state index contributed by atoms with van der Waals surface area (Å²) in [5.74, 6) is -0.481. The third-order valence-corrected chi connectivity index (χ3v) is 4.65. The van der Waals surface area contributed by atoms with Gasteiger partial charge in [-0.3, -0.25) is 4.79 Å². The van der Waals surface area contributed by atoms with Crippen LogP contribution in [0, 0.1) is 5.92 Å². The van der Waals surface area contributed by atoms with Crippen molar-refractivity contribution in [2.24, 2.45) is 5.92 Å². The van der Waals surface area contributed by atoms with Crippen LogP contribution in [0.3, 0.4) is 0 Å². The van der Waals surface area contributed by atoms with Gasteiger partial charge in [-0.05, 0) is 23.5 Å². The van der Waals surface area contributed by atoms with Gasteiger partial charge in [0.2, 0.25) is 5.91 Å². The fourth-order valence-corrected chi connectivity index (χ4v) is 2.90. The van der Waals surface area contributed by atoms with Gasteiger partial charge in [0, 0.05) is 13.1 Å². The average Bonchev–Trinajstić information content (AvgIpc) is 2.62. The van der Waals surface area contributed by atoms with Gasteiger partial charge in [-0.25, -0.2) is 4.79 Å². The van der Waals surface area contributed by atoms with Crippen LogP contribution >= 0.6 is 0 Å². The lowest BCUT2D eigenvalue weighted by Gasteiger charge is -2.32. The van der Waals surface area contributed by atoms with Gasteiger partial charge in [-0.1, -0.05) is 44.5 Å². The maximum atomic E-state index is 12.6. The summed E-state index contributed by atoms with van der Waals surface area (Å²) in [6.07, 6.45) is 1.24. The molecule has 0 radical (unpaired) electrons. The zero-order valence-corrected chi connectivity index (χ0v) is 14.7. The zero-order chi connectivity index (χ0) is 18.4. The molecule has 1 heterocycles. The van der Waals surface area contributed by atoms with E-state index in [-0.39, 0.29) is 18.4 Å². The second-order valence-electron chi connectivity index (χ2n) is 6.48. The van der Waals surface area contributed by atoms with E-state index in [9.17, 15) is 9.59 Å². The average molecular weight is 347 g/mol. The Morgan fingerprint density at radius 3 is 2.60 bits per heavy atom. The number of rotatable bonds is 6. The smallest absolute Gasteiger partial charge is 0.426 e. The van der Waals surface area contributed by atoms with Crippen LogP contribution in [-0.4, -0.2) is 53.0 Å². The highest BCUT2D eigenvalue weighted by atomic mass is 16.4. The van der Waals surface area contributed by atoms with Gasteiger partial charge in [-0.15, -0.1) is 0 Å². The van der Waals surface area contributed by atoms with Crippen molar-refractivity contribution in [2.75, 3.05) is 13.0 Å². The Kier molecular flexibility index (Phi) is 6.84. The molecule has 8 heteroatoms. The third kappa shape index (κ3) is 5.21. The van der Waals surface area contributed by atoms with Crippen molar-refractivity contribution in [1.29, 1.82) is 0 Å². The normalized spacial score (nSPS) is 15.8. The van der Waals surface area contributed by atoms with E-state index in [1.165, 1.54) is 5.56 Å². The zero-order valence-electron chi connectivity index (χ0n) is 14.7. The number of nitrogens with zero attached hydrogens (tertiary/aromatic N) is 1. The number of nitrogens with one attached hydrogen (secondary N) is 2. The first-order chi connectivity index (χ1) is 11.9. The van der Waals surface area contributed by atoms with Crippen LogP contribution in [0.4, 0.5) is 4.79 Å². The minimum atomic E-state index is -1.61. The van der Waals surface area contributed by atoms with Crippen molar-refractivity contribution in [3.8, 4) is 0 Å². The van der Waals surface area contributed by atoms with Gasteiger partial charge in [0.15, 0.2) is 0 Å².